The zero-order chi connectivity index (χ0) is 14.4. The molecule has 2 rings (SSSR count). The molecule has 0 spiro atoms. The van der Waals surface area contributed by atoms with E-state index in [1.54, 1.807) is 0 Å². The number of aryl methyl sites for hydroxylation is 1. The van der Waals surface area contributed by atoms with Gasteiger partial charge in [-0.15, -0.1) is 0 Å². The van der Waals surface area contributed by atoms with E-state index >= 15 is 0 Å². The SMILES string of the molecule is CCOc1ccc(NC(CC)c2ccc(C)cc2)cc1. The molecule has 1 unspecified atom stereocenters. The molecule has 0 bridgehead atoms. The molecule has 0 aliphatic heterocycles. The van der Waals surface area contributed by atoms with Gasteiger partial charge in [0.05, 0.1) is 12.6 Å². The van der Waals surface area contributed by atoms with E-state index < -0.39 is 0 Å². The third kappa shape index (κ3) is 3.77. The van der Waals surface area contributed by atoms with Crippen molar-refractivity contribution in [1.29, 1.82) is 0 Å². The lowest BCUT2D eigenvalue weighted by molar-refractivity contribution is 0.340. The zero-order valence-corrected chi connectivity index (χ0v) is 12.5. The average molecular weight is 269 g/mol. The summed E-state index contributed by atoms with van der Waals surface area (Å²) in [5.74, 6) is 0.918. The summed E-state index contributed by atoms with van der Waals surface area (Å²) >= 11 is 0. The van der Waals surface area contributed by atoms with E-state index in [-0.39, 0.29) is 0 Å². The van der Waals surface area contributed by atoms with Crippen LogP contribution in [0.25, 0.3) is 0 Å². The number of hydrogen-bond acceptors (Lipinski definition) is 2. The molecular formula is C18H23NO. The van der Waals surface area contributed by atoms with Gasteiger partial charge in [0.15, 0.2) is 0 Å². The molecule has 2 aromatic rings. The molecular weight excluding hydrogens is 246 g/mol. The van der Waals surface area contributed by atoms with Gasteiger partial charge in [-0.2, -0.15) is 0 Å². The van der Waals surface area contributed by atoms with Crippen molar-refractivity contribution in [3.8, 4) is 5.75 Å². The predicted octanol–water partition coefficient (Wildman–Crippen LogP) is 4.96. The van der Waals surface area contributed by atoms with Crippen molar-refractivity contribution in [3.63, 3.8) is 0 Å². The molecule has 1 N–H and O–H groups in total. The topological polar surface area (TPSA) is 21.3 Å². The Morgan fingerprint density at radius 3 is 2.15 bits per heavy atom. The van der Waals surface area contributed by atoms with Crippen LogP contribution in [-0.2, 0) is 0 Å². The second-order valence-corrected chi connectivity index (χ2v) is 4.97. The third-order valence-electron chi connectivity index (χ3n) is 3.39. The Kier molecular flexibility index (Phi) is 5.05. The highest BCUT2D eigenvalue weighted by Crippen LogP contribution is 2.24. The summed E-state index contributed by atoms with van der Waals surface area (Å²) in [5, 5.41) is 3.58. The molecule has 2 nitrogen and oxygen atoms in total. The molecule has 2 heteroatoms. The minimum absolute atomic E-state index is 0.341. The van der Waals surface area contributed by atoms with Crippen LogP contribution in [0.3, 0.4) is 0 Å². The van der Waals surface area contributed by atoms with Crippen LogP contribution in [0.5, 0.6) is 5.75 Å². The molecule has 0 aliphatic rings. The second-order valence-electron chi connectivity index (χ2n) is 4.97. The van der Waals surface area contributed by atoms with Crippen LogP contribution in [-0.4, -0.2) is 6.61 Å². The summed E-state index contributed by atoms with van der Waals surface area (Å²) in [4.78, 5) is 0. The van der Waals surface area contributed by atoms with Gasteiger partial charge >= 0.3 is 0 Å². The van der Waals surface area contributed by atoms with Crippen LogP contribution < -0.4 is 10.1 Å². The fraction of sp³-hybridized carbons (Fsp3) is 0.333. The first kappa shape index (κ1) is 14.4. The van der Waals surface area contributed by atoms with Crippen molar-refractivity contribution in [2.45, 2.75) is 33.2 Å². The van der Waals surface area contributed by atoms with Crippen molar-refractivity contribution >= 4 is 5.69 Å². The van der Waals surface area contributed by atoms with Gasteiger partial charge < -0.3 is 10.1 Å². The number of anilines is 1. The lowest BCUT2D eigenvalue weighted by atomic mass is 10.0. The molecule has 0 saturated carbocycles. The fourth-order valence-corrected chi connectivity index (χ4v) is 2.24. The second kappa shape index (κ2) is 6.99. The molecule has 0 amide bonds. The van der Waals surface area contributed by atoms with Crippen LogP contribution >= 0.6 is 0 Å². The van der Waals surface area contributed by atoms with Crippen LogP contribution in [0.4, 0.5) is 5.69 Å². The lowest BCUT2D eigenvalue weighted by Gasteiger charge is -2.19. The summed E-state index contributed by atoms with van der Waals surface area (Å²) < 4.78 is 5.46. The van der Waals surface area contributed by atoms with Gasteiger partial charge in [0.25, 0.3) is 0 Å². The van der Waals surface area contributed by atoms with E-state index in [0.717, 1.165) is 17.9 Å². The zero-order valence-electron chi connectivity index (χ0n) is 12.5. The maximum Gasteiger partial charge on any atom is 0.119 e. The van der Waals surface area contributed by atoms with Crippen molar-refractivity contribution in [3.05, 3.63) is 59.7 Å². The molecule has 0 saturated heterocycles. The molecule has 20 heavy (non-hydrogen) atoms. The molecule has 106 valence electrons. The first-order valence-electron chi connectivity index (χ1n) is 7.29. The van der Waals surface area contributed by atoms with E-state index in [0.29, 0.717) is 12.6 Å². The quantitative estimate of drug-likeness (QED) is 0.800. The maximum absolute atomic E-state index is 5.46. The third-order valence-corrected chi connectivity index (χ3v) is 3.39. The lowest BCUT2D eigenvalue weighted by Crippen LogP contribution is -2.09. The number of benzene rings is 2. The number of nitrogens with one attached hydrogen (secondary N) is 1. The Labute approximate surface area is 121 Å². The Bertz CT molecular complexity index is 516. The van der Waals surface area contributed by atoms with Gasteiger partial charge in [0, 0.05) is 5.69 Å². The number of rotatable bonds is 6. The molecule has 0 aromatic heterocycles. The molecule has 0 aliphatic carbocycles. The van der Waals surface area contributed by atoms with Gasteiger partial charge in [-0.05, 0) is 50.1 Å². The van der Waals surface area contributed by atoms with Crippen molar-refractivity contribution < 1.29 is 4.74 Å². The largest absolute Gasteiger partial charge is 0.494 e. The average Bonchev–Trinajstić information content (AvgIpc) is 2.48. The van der Waals surface area contributed by atoms with E-state index in [4.69, 9.17) is 4.74 Å². The molecule has 0 radical (unpaired) electrons. The maximum atomic E-state index is 5.46. The van der Waals surface area contributed by atoms with E-state index in [2.05, 4.69) is 55.6 Å². The predicted molar refractivity (Wildman–Crippen MR) is 85.4 cm³/mol. The van der Waals surface area contributed by atoms with Crippen molar-refractivity contribution in [1.82, 2.24) is 0 Å². The summed E-state index contributed by atoms with van der Waals surface area (Å²) in [6, 6.07) is 17.2. The Balaban J connectivity index is 2.07. The van der Waals surface area contributed by atoms with E-state index in [1.807, 2.05) is 19.1 Å². The minimum atomic E-state index is 0.341. The number of ether oxygens (including phenoxy) is 1. The Morgan fingerprint density at radius 1 is 0.950 bits per heavy atom. The first-order chi connectivity index (χ1) is 9.72. The fourth-order valence-electron chi connectivity index (χ4n) is 2.24. The summed E-state index contributed by atoms with van der Waals surface area (Å²) in [6.45, 7) is 7.01. The molecule has 0 fully saturated rings. The van der Waals surface area contributed by atoms with Crippen LogP contribution in [0, 0.1) is 6.92 Å². The van der Waals surface area contributed by atoms with Crippen molar-refractivity contribution in [2.24, 2.45) is 0 Å². The van der Waals surface area contributed by atoms with E-state index in [1.165, 1.54) is 11.1 Å². The number of hydrogen-bond donors (Lipinski definition) is 1. The van der Waals surface area contributed by atoms with Gasteiger partial charge in [0.2, 0.25) is 0 Å². The summed E-state index contributed by atoms with van der Waals surface area (Å²) in [7, 11) is 0. The normalized spacial score (nSPS) is 11.9. The van der Waals surface area contributed by atoms with Crippen LogP contribution in [0.15, 0.2) is 48.5 Å². The Morgan fingerprint density at radius 2 is 1.60 bits per heavy atom. The monoisotopic (exact) mass is 269 g/mol. The van der Waals surface area contributed by atoms with Crippen LogP contribution in [0.2, 0.25) is 0 Å². The molecule has 1 atom stereocenters. The Hall–Kier alpha value is -1.96. The van der Waals surface area contributed by atoms with Gasteiger partial charge in [0.1, 0.15) is 5.75 Å². The first-order valence-corrected chi connectivity index (χ1v) is 7.29. The van der Waals surface area contributed by atoms with Crippen molar-refractivity contribution in [2.75, 3.05) is 11.9 Å². The smallest absolute Gasteiger partial charge is 0.119 e. The van der Waals surface area contributed by atoms with Gasteiger partial charge in [-0.3, -0.25) is 0 Å². The molecule has 0 heterocycles. The van der Waals surface area contributed by atoms with Gasteiger partial charge in [-0.25, -0.2) is 0 Å². The van der Waals surface area contributed by atoms with Crippen LogP contribution in [0.1, 0.15) is 37.4 Å². The molecule has 2 aromatic carbocycles. The minimum Gasteiger partial charge on any atom is -0.494 e. The summed E-state index contributed by atoms with van der Waals surface area (Å²) in [6.07, 6.45) is 1.05. The highest BCUT2D eigenvalue weighted by Gasteiger charge is 2.08. The highest BCUT2D eigenvalue weighted by molar-refractivity contribution is 5.48. The van der Waals surface area contributed by atoms with Gasteiger partial charge in [-0.1, -0.05) is 36.8 Å². The highest BCUT2D eigenvalue weighted by atomic mass is 16.5. The standard InChI is InChI=1S/C18H23NO/c1-4-18(15-8-6-14(3)7-9-15)19-16-10-12-17(13-11-16)20-5-2/h6-13,18-19H,4-5H2,1-3H3. The van der Waals surface area contributed by atoms with E-state index in [9.17, 15) is 0 Å². The summed E-state index contributed by atoms with van der Waals surface area (Å²) in [5.41, 5.74) is 3.75.